The first-order chi connectivity index (χ1) is 15.5. The second kappa shape index (κ2) is 9.13. The molecule has 1 aliphatic heterocycles. The van der Waals surface area contributed by atoms with Crippen molar-refractivity contribution in [3.63, 3.8) is 0 Å². The molecule has 2 N–H and O–H groups in total. The first kappa shape index (κ1) is 21.4. The van der Waals surface area contributed by atoms with Crippen LogP contribution in [0.4, 0.5) is 0 Å². The number of ether oxygens (including phenoxy) is 2. The average molecular weight is 434 g/mol. The number of hydrogen-bond acceptors (Lipinski definition) is 5. The Morgan fingerprint density at radius 3 is 2.69 bits per heavy atom. The van der Waals surface area contributed by atoms with E-state index in [0.717, 1.165) is 22.0 Å². The molecule has 0 spiro atoms. The van der Waals surface area contributed by atoms with Crippen LogP contribution < -0.4 is 14.8 Å². The third kappa shape index (κ3) is 4.03. The van der Waals surface area contributed by atoms with E-state index in [0.29, 0.717) is 30.2 Å². The van der Waals surface area contributed by atoms with Crippen LogP contribution in [0.15, 0.2) is 53.8 Å². The van der Waals surface area contributed by atoms with E-state index >= 15 is 0 Å². The second-order valence-corrected chi connectivity index (χ2v) is 7.60. The summed E-state index contributed by atoms with van der Waals surface area (Å²) >= 11 is 0. The zero-order valence-corrected chi connectivity index (χ0v) is 18.3. The third-order valence-electron chi connectivity index (χ3n) is 5.74. The van der Waals surface area contributed by atoms with Gasteiger partial charge in [0.2, 0.25) is 5.91 Å². The molecule has 8 heteroatoms. The molecule has 1 aromatic heterocycles. The molecular formula is C24H26N4O4. The van der Waals surface area contributed by atoms with Crippen LogP contribution in [0.5, 0.6) is 11.5 Å². The molecule has 0 saturated heterocycles. The van der Waals surface area contributed by atoms with Crippen LogP contribution >= 0.6 is 0 Å². The number of amides is 2. The van der Waals surface area contributed by atoms with Crippen LogP contribution in [0.3, 0.4) is 0 Å². The lowest BCUT2D eigenvalue weighted by atomic mass is 9.89. The molecule has 1 aliphatic rings. The summed E-state index contributed by atoms with van der Waals surface area (Å²) in [7, 11) is 4.77. The van der Waals surface area contributed by atoms with Gasteiger partial charge >= 0.3 is 0 Å². The molecule has 0 radical (unpaired) electrons. The summed E-state index contributed by atoms with van der Waals surface area (Å²) in [4.78, 5) is 27.8. The highest BCUT2D eigenvalue weighted by Crippen LogP contribution is 2.40. The van der Waals surface area contributed by atoms with Gasteiger partial charge in [-0.3, -0.25) is 9.59 Å². The molecule has 166 valence electrons. The summed E-state index contributed by atoms with van der Waals surface area (Å²) in [6.07, 6.45) is 2.57. The Hall–Kier alpha value is -3.81. The maximum absolute atomic E-state index is 12.9. The van der Waals surface area contributed by atoms with Crippen molar-refractivity contribution >= 4 is 28.4 Å². The molecule has 0 saturated carbocycles. The molecule has 2 aromatic carbocycles. The predicted octanol–water partition coefficient (Wildman–Crippen LogP) is 3.04. The number of methoxy groups -OCH3 is 2. The van der Waals surface area contributed by atoms with Gasteiger partial charge in [-0.25, -0.2) is 5.01 Å². The summed E-state index contributed by atoms with van der Waals surface area (Å²) in [6, 6.07) is 13.8. The van der Waals surface area contributed by atoms with Gasteiger partial charge in [0.25, 0.3) is 5.91 Å². The van der Waals surface area contributed by atoms with Gasteiger partial charge in [0.05, 0.1) is 14.2 Å². The van der Waals surface area contributed by atoms with Crippen LogP contribution in [-0.4, -0.2) is 55.3 Å². The number of carbonyl (C=O) groups excluding carboxylic acids is 2. The Morgan fingerprint density at radius 2 is 1.94 bits per heavy atom. The number of H-pyrrole nitrogens is 1. The molecule has 32 heavy (non-hydrogen) atoms. The number of nitrogens with zero attached hydrogens (tertiary/aromatic N) is 2. The minimum absolute atomic E-state index is 0.0978. The van der Waals surface area contributed by atoms with Crippen LogP contribution in [0, 0.1) is 0 Å². The fourth-order valence-corrected chi connectivity index (χ4v) is 4.09. The van der Waals surface area contributed by atoms with Crippen LogP contribution in [0.2, 0.25) is 0 Å². The second-order valence-electron chi connectivity index (χ2n) is 7.60. The number of aromatic nitrogens is 1. The van der Waals surface area contributed by atoms with E-state index < -0.39 is 0 Å². The molecule has 1 atom stereocenters. The van der Waals surface area contributed by atoms with Crippen LogP contribution in [-0.2, 0) is 9.59 Å². The molecule has 0 bridgehead atoms. The van der Waals surface area contributed by atoms with Crippen molar-refractivity contribution in [3.8, 4) is 11.5 Å². The normalized spacial score (nSPS) is 14.8. The minimum atomic E-state index is -0.281. The first-order valence-electron chi connectivity index (χ1n) is 10.4. The van der Waals surface area contributed by atoms with Crippen molar-refractivity contribution in [1.29, 1.82) is 0 Å². The topological polar surface area (TPSA) is 96.0 Å². The van der Waals surface area contributed by atoms with Crippen molar-refractivity contribution in [1.82, 2.24) is 15.3 Å². The van der Waals surface area contributed by atoms with Crippen LogP contribution in [0.1, 0.15) is 29.9 Å². The van der Waals surface area contributed by atoms with Crippen molar-refractivity contribution in [3.05, 3.63) is 59.8 Å². The fraction of sp³-hybridized carbons (Fsp3) is 0.292. The SMILES string of the molecule is COc1cccc(C(CNC(=O)C2=NN(C)C(=O)CC2)c2c[nH]c3ccccc23)c1OC. The monoisotopic (exact) mass is 434 g/mol. The number of hydrogen-bond donors (Lipinski definition) is 2. The van der Waals surface area contributed by atoms with Crippen molar-refractivity contribution in [2.45, 2.75) is 18.8 Å². The molecule has 1 unspecified atom stereocenters. The number of aromatic amines is 1. The minimum Gasteiger partial charge on any atom is -0.493 e. The predicted molar refractivity (Wildman–Crippen MR) is 122 cm³/mol. The summed E-state index contributed by atoms with van der Waals surface area (Å²) in [6.45, 7) is 0.320. The molecule has 3 aromatic rings. The van der Waals surface area contributed by atoms with Gasteiger partial charge in [-0.1, -0.05) is 30.3 Å². The van der Waals surface area contributed by atoms with Gasteiger partial charge in [0, 0.05) is 55.0 Å². The first-order valence-corrected chi connectivity index (χ1v) is 10.4. The molecule has 0 fully saturated rings. The van der Waals surface area contributed by atoms with E-state index in [1.54, 1.807) is 21.3 Å². The van der Waals surface area contributed by atoms with Crippen LogP contribution in [0.25, 0.3) is 10.9 Å². The fourth-order valence-electron chi connectivity index (χ4n) is 4.09. The number of rotatable bonds is 7. The number of hydrazone groups is 1. The maximum atomic E-state index is 12.9. The Kier molecular flexibility index (Phi) is 6.11. The largest absolute Gasteiger partial charge is 0.493 e. The average Bonchev–Trinajstić information content (AvgIpc) is 3.24. The highest BCUT2D eigenvalue weighted by Gasteiger charge is 2.26. The van der Waals surface area contributed by atoms with E-state index in [4.69, 9.17) is 9.47 Å². The lowest BCUT2D eigenvalue weighted by Gasteiger charge is -2.23. The van der Waals surface area contributed by atoms with E-state index in [2.05, 4.69) is 21.5 Å². The Bertz CT molecular complexity index is 1180. The summed E-state index contributed by atoms with van der Waals surface area (Å²) in [5.74, 6) is 0.664. The standard InChI is InChI=1S/C24H26N4O4/c1-28-22(29)12-11-20(27-28)24(30)26-14-18(16-8-6-10-21(31-2)23(16)32-3)17-13-25-19-9-5-4-7-15(17)19/h4-10,13,18,25H,11-12,14H2,1-3H3,(H,26,30). The highest BCUT2D eigenvalue weighted by atomic mass is 16.5. The maximum Gasteiger partial charge on any atom is 0.267 e. The highest BCUT2D eigenvalue weighted by molar-refractivity contribution is 6.39. The zero-order chi connectivity index (χ0) is 22.7. The van der Waals surface area contributed by atoms with Gasteiger partial charge < -0.3 is 19.8 Å². The van der Waals surface area contributed by atoms with Gasteiger partial charge in [-0.05, 0) is 17.7 Å². The summed E-state index contributed by atoms with van der Waals surface area (Å²) < 4.78 is 11.2. The van der Waals surface area contributed by atoms with Gasteiger partial charge in [-0.15, -0.1) is 0 Å². The van der Waals surface area contributed by atoms with E-state index in [1.165, 1.54) is 5.01 Å². The smallest absolute Gasteiger partial charge is 0.267 e. The number of benzene rings is 2. The number of fused-ring (bicyclic) bond motifs is 1. The Labute approximate surface area is 186 Å². The van der Waals surface area contributed by atoms with Gasteiger partial charge in [-0.2, -0.15) is 5.10 Å². The number of nitrogens with one attached hydrogen (secondary N) is 2. The third-order valence-corrected chi connectivity index (χ3v) is 5.74. The molecule has 4 rings (SSSR count). The molecule has 2 heterocycles. The van der Waals surface area contributed by atoms with Crippen molar-refractivity contribution in [2.75, 3.05) is 27.8 Å². The number of para-hydroxylation sites is 2. The molecule has 8 nitrogen and oxygen atoms in total. The lowest BCUT2D eigenvalue weighted by molar-refractivity contribution is -0.130. The van der Waals surface area contributed by atoms with E-state index in [-0.39, 0.29) is 24.2 Å². The van der Waals surface area contributed by atoms with Crippen molar-refractivity contribution < 1.29 is 19.1 Å². The zero-order valence-electron chi connectivity index (χ0n) is 18.3. The van der Waals surface area contributed by atoms with E-state index in [9.17, 15) is 9.59 Å². The summed E-state index contributed by atoms with van der Waals surface area (Å²) in [5, 5.41) is 9.42. The molecule has 0 aliphatic carbocycles. The lowest BCUT2D eigenvalue weighted by Crippen LogP contribution is -2.39. The Balaban J connectivity index is 1.70. The Morgan fingerprint density at radius 1 is 1.12 bits per heavy atom. The quantitative estimate of drug-likeness (QED) is 0.597. The van der Waals surface area contributed by atoms with Gasteiger partial charge in [0.15, 0.2) is 11.5 Å². The van der Waals surface area contributed by atoms with Gasteiger partial charge in [0.1, 0.15) is 5.71 Å². The molecule has 2 amide bonds. The molecular weight excluding hydrogens is 408 g/mol. The number of carbonyl (C=O) groups is 2. The van der Waals surface area contributed by atoms with Crippen molar-refractivity contribution in [2.24, 2.45) is 5.10 Å². The summed E-state index contributed by atoms with van der Waals surface area (Å²) in [5.41, 5.74) is 3.29. The van der Waals surface area contributed by atoms with E-state index in [1.807, 2.05) is 42.6 Å².